The van der Waals surface area contributed by atoms with Crippen LogP contribution in [0.4, 0.5) is 5.69 Å². The highest BCUT2D eigenvalue weighted by Crippen LogP contribution is 2.18. The molecule has 0 unspecified atom stereocenters. The van der Waals surface area contributed by atoms with Gasteiger partial charge in [0.05, 0.1) is 4.90 Å². The van der Waals surface area contributed by atoms with E-state index in [1.54, 1.807) is 12.1 Å². The first-order chi connectivity index (χ1) is 12.5. The Morgan fingerprint density at radius 3 is 2.38 bits per heavy atom. The molecule has 0 aliphatic heterocycles. The molecule has 0 bridgehead atoms. The summed E-state index contributed by atoms with van der Waals surface area (Å²) in [5, 5.41) is 2.69. The van der Waals surface area contributed by atoms with E-state index in [1.807, 2.05) is 38.1 Å². The zero-order valence-electron chi connectivity index (χ0n) is 15.0. The second-order valence-corrected chi connectivity index (χ2v) is 7.49. The normalized spacial score (nSPS) is 11.2. The summed E-state index contributed by atoms with van der Waals surface area (Å²) in [5.41, 5.74) is 1.55. The van der Waals surface area contributed by atoms with Gasteiger partial charge in [0.15, 0.2) is 6.61 Å². The third-order valence-corrected chi connectivity index (χ3v) is 5.18. The number of nitrogens with one attached hydrogen (secondary N) is 2. The monoisotopic (exact) mass is 376 g/mol. The first-order valence-corrected chi connectivity index (χ1v) is 10.0. The van der Waals surface area contributed by atoms with Crippen LogP contribution in [0.5, 0.6) is 5.75 Å². The lowest BCUT2D eigenvalue weighted by Gasteiger charge is -2.11. The van der Waals surface area contributed by atoms with E-state index in [0.717, 1.165) is 12.0 Å². The molecule has 0 saturated heterocycles. The van der Waals surface area contributed by atoms with Crippen LogP contribution in [0.2, 0.25) is 0 Å². The van der Waals surface area contributed by atoms with Crippen molar-refractivity contribution in [1.82, 2.24) is 4.72 Å². The maximum Gasteiger partial charge on any atom is 0.262 e. The Morgan fingerprint density at radius 1 is 1.04 bits per heavy atom. The van der Waals surface area contributed by atoms with Crippen LogP contribution in [0.3, 0.4) is 0 Å². The van der Waals surface area contributed by atoms with Gasteiger partial charge < -0.3 is 10.1 Å². The van der Waals surface area contributed by atoms with Crippen LogP contribution in [0, 0.1) is 0 Å². The average Bonchev–Trinajstić information content (AvgIpc) is 2.65. The van der Waals surface area contributed by atoms with Crippen LogP contribution in [0.25, 0.3) is 0 Å². The maximum absolute atomic E-state index is 12.0. The van der Waals surface area contributed by atoms with Gasteiger partial charge in [0.1, 0.15) is 5.75 Å². The van der Waals surface area contributed by atoms with Gasteiger partial charge in [0.25, 0.3) is 5.91 Å². The fourth-order valence-electron chi connectivity index (χ4n) is 2.31. The molecule has 2 aromatic carbocycles. The molecule has 1 amide bonds. The molecule has 2 aromatic rings. The number of aryl methyl sites for hydroxylation is 1. The second kappa shape index (κ2) is 9.35. The van der Waals surface area contributed by atoms with Crippen molar-refractivity contribution in [3.8, 4) is 5.75 Å². The van der Waals surface area contributed by atoms with E-state index in [-0.39, 0.29) is 17.4 Å². The lowest BCUT2D eigenvalue weighted by molar-refractivity contribution is -0.118. The van der Waals surface area contributed by atoms with Crippen molar-refractivity contribution in [2.24, 2.45) is 0 Å². The zero-order chi connectivity index (χ0) is 19.0. The van der Waals surface area contributed by atoms with Gasteiger partial charge in [0, 0.05) is 12.2 Å². The molecule has 0 radical (unpaired) electrons. The topological polar surface area (TPSA) is 84.5 Å². The van der Waals surface area contributed by atoms with Crippen LogP contribution >= 0.6 is 0 Å². The molecular formula is C19H24N2O4S. The average molecular weight is 376 g/mol. The molecule has 0 aliphatic rings. The molecule has 0 aliphatic carbocycles. The van der Waals surface area contributed by atoms with Gasteiger partial charge in [0.2, 0.25) is 10.0 Å². The van der Waals surface area contributed by atoms with Gasteiger partial charge in [-0.15, -0.1) is 0 Å². The van der Waals surface area contributed by atoms with E-state index >= 15 is 0 Å². The van der Waals surface area contributed by atoms with Crippen molar-refractivity contribution in [1.29, 1.82) is 0 Å². The molecule has 0 spiro atoms. The number of hydrogen-bond acceptors (Lipinski definition) is 4. The summed E-state index contributed by atoms with van der Waals surface area (Å²) in [6.07, 6.45) is 1.54. The van der Waals surface area contributed by atoms with Gasteiger partial charge >= 0.3 is 0 Å². The Hall–Kier alpha value is -2.38. The molecule has 6 nitrogen and oxygen atoms in total. The van der Waals surface area contributed by atoms with E-state index in [2.05, 4.69) is 10.0 Å². The maximum atomic E-state index is 12.0. The van der Waals surface area contributed by atoms with Crippen molar-refractivity contribution in [3.63, 3.8) is 0 Å². The first-order valence-electron chi connectivity index (χ1n) is 8.56. The van der Waals surface area contributed by atoms with Crippen LogP contribution < -0.4 is 14.8 Å². The van der Waals surface area contributed by atoms with Crippen molar-refractivity contribution < 1.29 is 17.9 Å². The molecule has 7 heteroatoms. The highest BCUT2D eigenvalue weighted by atomic mass is 32.2. The number of amides is 1. The number of carbonyl (C=O) groups excluding carboxylic acids is 1. The number of hydrogen-bond donors (Lipinski definition) is 2. The summed E-state index contributed by atoms with van der Waals surface area (Å²) in [6, 6.07) is 13.6. The van der Waals surface area contributed by atoms with Crippen LogP contribution in [0.15, 0.2) is 53.4 Å². The van der Waals surface area contributed by atoms with E-state index in [4.69, 9.17) is 4.74 Å². The number of rotatable bonds is 9. The summed E-state index contributed by atoms with van der Waals surface area (Å²) in [7, 11) is -3.51. The standard InChI is InChI=1S/C19H24N2O4S/c1-3-13-20-26(23,24)17-11-9-16(10-12-17)21-19(22)14-25-18-8-6-5-7-15(18)4-2/h5-12,20H,3-4,13-14H2,1-2H3,(H,21,22). The SMILES string of the molecule is CCCNS(=O)(=O)c1ccc(NC(=O)COc2ccccc2CC)cc1. The molecule has 0 aromatic heterocycles. The zero-order valence-corrected chi connectivity index (χ0v) is 15.8. The van der Waals surface area contributed by atoms with E-state index in [1.165, 1.54) is 12.1 Å². The minimum absolute atomic E-state index is 0.116. The fourth-order valence-corrected chi connectivity index (χ4v) is 3.45. The predicted octanol–water partition coefficient (Wildman–Crippen LogP) is 2.95. The summed E-state index contributed by atoms with van der Waals surface area (Å²) in [6.45, 7) is 4.18. The first kappa shape index (κ1) is 19.9. The summed E-state index contributed by atoms with van der Waals surface area (Å²) in [5.74, 6) is 0.379. The molecule has 0 fully saturated rings. The number of sulfonamides is 1. The lowest BCUT2D eigenvalue weighted by Crippen LogP contribution is -2.24. The van der Waals surface area contributed by atoms with Gasteiger partial charge in [-0.1, -0.05) is 32.0 Å². The highest BCUT2D eigenvalue weighted by Gasteiger charge is 2.13. The molecule has 0 heterocycles. The number of ether oxygens (including phenoxy) is 1. The van der Waals surface area contributed by atoms with Gasteiger partial charge in [-0.25, -0.2) is 13.1 Å². The van der Waals surface area contributed by atoms with Gasteiger partial charge in [-0.2, -0.15) is 0 Å². The third-order valence-electron chi connectivity index (χ3n) is 3.70. The number of anilines is 1. The van der Waals surface area contributed by atoms with Gasteiger partial charge in [-0.05, 0) is 48.7 Å². The fraction of sp³-hybridized carbons (Fsp3) is 0.316. The van der Waals surface area contributed by atoms with Crippen LogP contribution in [0.1, 0.15) is 25.8 Å². The molecule has 140 valence electrons. The van der Waals surface area contributed by atoms with Gasteiger partial charge in [-0.3, -0.25) is 4.79 Å². The summed E-state index contributed by atoms with van der Waals surface area (Å²) >= 11 is 0. The Labute approximate surface area is 154 Å². The molecular weight excluding hydrogens is 352 g/mol. The Morgan fingerprint density at radius 2 is 1.73 bits per heavy atom. The minimum atomic E-state index is -3.51. The van der Waals surface area contributed by atoms with Crippen molar-refractivity contribution >= 4 is 21.6 Å². The summed E-state index contributed by atoms with van der Waals surface area (Å²) in [4.78, 5) is 12.2. The van der Waals surface area contributed by atoms with Crippen molar-refractivity contribution in [2.75, 3.05) is 18.5 Å². The smallest absolute Gasteiger partial charge is 0.262 e. The highest BCUT2D eigenvalue weighted by molar-refractivity contribution is 7.89. The minimum Gasteiger partial charge on any atom is -0.483 e. The number of carbonyl (C=O) groups is 1. The molecule has 0 atom stereocenters. The largest absolute Gasteiger partial charge is 0.483 e. The van der Waals surface area contributed by atoms with E-state index < -0.39 is 10.0 Å². The van der Waals surface area contributed by atoms with E-state index in [0.29, 0.717) is 24.4 Å². The van der Waals surface area contributed by atoms with Crippen LogP contribution in [-0.4, -0.2) is 27.5 Å². The Kier molecular flexibility index (Phi) is 7.17. The van der Waals surface area contributed by atoms with Crippen molar-refractivity contribution in [3.05, 3.63) is 54.1 Å². The molecule has 0 saturated carbocycles. The second-order valence-electron chi connectivity index (χ2n) is 5.72. The lowest BCUT2D eigenvalue weighted by atomic mass is 10.1. The Bertz CT molecular complexity index is 833. The number of benzene rings is 2. The van der Waals surface area contributed by atoms with E-state index in [9.17, 15) is 13.2 Å². The summed E-state index contributed by atoms with van der Waals surface area (Å²) < 4.78 is 32.1. The molecule has 2 N–H and O–H groups in total. The quantitative estimate of drug-likeness (QED) is 0.705. The Balaban J connectivity index is 1.93. The predicted molar refractivity (Wildman–Crippen MR) is 102 cm³/mol. The van der Waals surface area contributed by atoms with Crippen molar-refractivity contribution in [2.45, 2.75) is 31.6 Å². The molecule has 26 heavy (non-hydrogen) atoms. The van der Waals surface area contributed by atoms with Crippen LogP contribution in [-0.2, 0) is 21.2 Å². The third kappa shape index (κ3) is 5.57. The number of para-hydroxylation sites is 1. The molecule has 2 rings (SSSR count).